The van der Waals surface area contributed by atoms with E-state index in [0.29, 0.717) is 9.15 Å². The van der Waals surface area contributed by atoms with Crippen LogP contribution in [0.3, 0.4) is 0 Å². The maximum atomic E-state index is 11.2. The van der Waals surface area contributed by atoms with Gasteiger partial charge in [-0.15, -0.1) is 0 Å². The van der Waals surface area contributed by atoms with Gasteiger partial charge in [0.25, 0.3) is 0 Å². The van der Waals surface area contributed by atoms with Crippen LogP contribution < -0.4 is 0 Å². The number of rotatable bonds is 3. The van der Waals surface area contributed by atoms with Crippen molar-refractivity contribution in [1.29, 1.82) is 0 Å². The fourth-order valence-corrected chi connectivity index (χ4v) is 1.39. The van der Waals surface area contributed by atoms with Gasteiger partial charge in [0.2, 0.25) is 0 Å². The summed E-state index contributed by atoms with van der Waals surface area (Å²) >= 11 is 6.37. The van der Waals surface area contributed by atoms with Gasteiger partial charge in [-0.3, -0.25) is 0 Å². The zero-order valence-electron chi connectivity index (χ0n) is 6.98. The Hall–Kier alpha value is -0.0900. The van der Waals surface area contributed by atoms with Crippen molar-refractivity contribution in [1.82, 2.24) is 0 Å². The molecule has 1 aliphatic heterocycles. The van der Waals surface area contributed by atoms with Gasteiger partial charge in [-0.05, 0) is 50.8 Å². The standard InChI is InChI=1S/C9H9Br2O2/c1-2-3-4-6-5-7(8(10)11)13-9(6)12/h5H,1-4H2. The Bertz CT molecular complexity index is 275. The number of esters is 1. The average Bonchev–Trinajstić information content (AvgIpc) is 2.44. The molecule has 1 aliphatic rings. The van der Waals surface area contributed by atoms with E-state index < -0.39 is 0 Å². The van der Waals surface area contributed by atoms with Gasteiger partial charge in [-0.2, -0.15) is 0 Å². The molecule has 71 valence electrons. The molecule has 1 radical (unpaired) electrons. The van der Waals surface area contributed by atoms with Crippen LogP contribution >= 0.6 is 31.9 Å². The Kier molecular flexibility index (Phi) is 4.19. The normalized spacial score (nSPS) is 15.8. The number of hydrogen-bond acceptors (Lipinski definition) is 2. The molecule has 1 rings (SSSR count). The molecule has 0 aromatic carbocycles. The van der Waals surface area contributed by atoms with Gasteiger partial charge >= 0.3 is 5.97 Å². The summed E-state index contributed by atoms with van der Waals surface area (Å²) in [5.41, 5.74) is 0.718. The Labute approximate surface area is 94.3 Å². The highest BCUT2D eigenvalue weighted by Gasteiger charge is 2.21. The minimum absolute atomic E-state index is 0.250. The molecule has 0 bridgehead atoms. The Balaban J connectivity index is 2.69. The molecular formula is C9H9Br2O2. The van der Waals surface area contributed by atoms with E-state index in [1.807, 2.05) is 0 Å². The first-order valence-electron chi connectivity index (χ1n) is 3.92. The van der Waals surface area contributed by atoms with Gasteiger partial charge in [0.05, 0.1) is 0 Å². The number of halogens is 2. The van der Waals surface area contributed by atoms with Crippen molar-refractivity contribution in [2.24, 2.45) is 0 Å². The highest BCUT2D eigenvalue weighted by atomic mass is 79.9. The summed E-state index contributed by atoms with van der Waals surface area (Å²) in [4.78, 5) is 11.2. The van der Waals surface area contributed by atoms with Crippen LogP contribution in [0, 0.1) is 6.92 Å². The summed E-state index contributed by atoms with van der Waals surface area (Å²) in [5, 5.41) is 0. The van der Waals surface area contributed by atoms with Crippen molar-refractivity contribution in [3.63, 3.8) is 0 Å². The van der Waals surface area contributed by atoms with E-state index in [1.54, 1.807) is 6.08 Å². The molecule has 2 nitrogen and oxygen atoms in total. The summed E-state index contributed by atoms with van der Waals surface area (Å²) in [7, 11) is 0. The third-order valence-electron chi connectivity index (χ3n) is 1.65. The van der Waals surface area contributed by atoms with Gasteiger partial charge in [-0.25, -0.2) is 4.79 Å². The largest absolute Gasteiger partial charge is 0.421 e. The molecular weight excluding hydrogens is 300 g/mol. The van der Waals surface area contributed by atoms with E-state index in [-0.39, 0.29) is 5.97 Å². The average molecular weight is 309 g/mol. The lowest BCUT2D eigenvalue weighted by Gasteiger charge is -1.96. The van der Waals surface area contributed by atoms with Crippen LogP contribution in [0.15, 0.2) is 20.8 Å². The molecule has 0 spiro atoms. The SMILES string of the molecule is [CH2]CCCC1=CC(=C(Br)Br)OC1=O. The van der Waals surface area contributed by atoms with Crippen LogP contribution in [-0.4, -0.2) is 5.97 Å². The van der Waals surface area contributed by atoms with E-state index in [2.05, 4.69) is 38.8 Å². The molecule has 0 aromatic heterocycles. The van der Waals surface area contributed by atoms with Gasteiger partial charge in [0, 0.05) is 5.57 Å². The monoisotopic (exact) mass is 307 g/mol. The van der Waals surface area contributed by atoms with Gasteiger partial charge in [0.1, 0.15) is 3.39 Å². The topological polar surface area (TPSA) is 26.3 Å². The molecule has 0 atom stereocenters. The minimum atomic E-state index is -0.250. The van der Waals surface area contributed by atoms with E-state index in [4.69, 9.17) is 4.74 Å². The number of unbranched alkanes of at least 4 members (excludes halogenated alkanes) is 1. The molecule has 0 aliphatic carbocycles. The number of cyclic esters (lactones) is 1. The lowest BCUT2D eigenvalue weighted by molar-refractivity contribution is -0.133. The third kappa shape index (κ3) is 2.95. The molecule has 0 saturated heterocycles. The van der Waals surface area contributed by atoms with E-state index >= 15 is 0 Å². The number of carbonyl (C=O) groups is 1. The third-order valence-corrected chi connectivity index (χ3v) is 2.43. The van der Waals surface area contributed by atoms with Crippen LogP contribution in [-0.2, 0) is 9.53 Å². The zero-order chi connectivity index (χ0) is 9.84. The lowest BCUT2D eigenvalue weighted by Crippen LogP contribution is -1.98. The van der Waals surface area contributed by atoms with Crippen molar-refractivity contribution in [3.05, 3.63) is 27.7 Å². The van der Waals surface area contributed by atoms with Crippen LogP contribution in [0.5, 0.6) is 0 Å². The summed E-state index contributed by atoms with van der Waals surface area (Å²) in [6.45, 7) is 3.72. The molecule has 13 heavy (non-hydrogen) atoms. The summed E-state index contributed by atoms with van der Waals surface area (Å²) in [5.74, 6) is 0.295. The second kappa shape index (κ2) is 4.96. The summed E-state index contributed by atoms with van der Waals surface area (Å²) in [6.07, 6.45) is 4.23. The predicted molar refractivity (Wildman–Crippen MR) is 58.3 cm³/mol. The predicted octanol–water partition coefficient (Wildman–Crippen LogP) is 3.43. The first-order chi connectivity index (χ1) is 6.15. The number of allylic oxidation sites excluding steroid dienone is 1. The fraction of sp³-hybridized carbons (Fsp3) is 0.333. The number of hydrogen-bond donors (Lipinski definition) is 0. The van der Waals surface area contributed by atoms with Gasteiger partial charge in [0.15, 0.2) is 5.76 Å². The zero-order valence-corrected chi connectivity index (χ0v) is 10.2. The molecule has 0 saturated carbocycles. The maximum Gasteiger partial charge on any atom is 0.339 e. The van der Waals surface area contributed by atoms with Crippen molar-refractivity contribution in [3.8, 4) is 0 Å². The number of carbonyl (C=O) groups excluding carboxylic acids is 1. The fourth-order valence-electron chi connectivity index (χ4n) is 0.995. The summed E-state index contributed by atoms with van der Waals surface area (Å²) < 4.78 is 5.63. The molecule has 0 unspecified atom stereocenters. The molecule has 0 fully saturated rings. The minimum Gasteiger partial charge on any atom is -0.421 e. The Morgan fingerprint density at radius 1 is 1.54 bits per heavy atom. The molecule has 0 amide bonds. The first-order valence-corrected chi connectivity index (χ1v) is 5.51. The maximum absolute atomic E-state index is 11.2. The molecule has 4 heteroatoms. The Morgan fingerprint density at radius 2 is 2.23 bits per heavy atom. The summed E-state index contributed by atoms with van der Waals surface area (Å²) in [6, 6.07) is 0. The Morgan fingerprint density at radius 3 is 2.69 bits per heavy atom. The van der Waals surface area contributed by atoms with Crippen LogP contribution in [0.1, 0.15) is 19.3 Å². The smallest absolute Gasteiger partial charge is 0.339 e. The quantitative estimate of drug-likeness (QED) is 0.747. The molecule has 1 heterocycles. The lowest BCUT2D eigenvalue weighted by atomic mass is 10.1. The second-order valence-electron chi connectivity index (χ2n) is 2.64. The van der Waals surface area contributed by atoms with Crippen LogP contribution in [0.2, 0.25) is 0 Å². The van der Waals surface area contributed by atoms with Crippen LogP contribution in [0.4, 0.5) is 0 Å². The van der Waals surface area contributed by atoms with E-state index in [9.17, 15) is 4.79 Å². The highest BCUT2D eigenvalue weighted by molar-refractivity contribution is 9.28. The highest BCUT2D eigenvalue weighted by Crippen LogP contribution is 2.29. The number of ether oxygens (including phenoxy) is 1. The van der Waals surface area contributed by atoms with Gasteiger partial charge in [-0.1, -0.05) is 13.3 Å². The van der Waals surface area contributed by atoms with E-state index in [0.717, 1.165) is 24.8 Å². The van der Waals surface area contributed by atoms with E-state index in [1.165, 1.54) is 0 Å². The second-order valence-corrected chi connectivity index (χ2v) is 5.29. The van der Waals surface area contributed by atoms with Crippen LogP contribution in [0.25, 0.3) is 0 Å². The first kappa shape index (κ1) is 11.0. The van der Waals surface area contributed by atoms with Crippen molar-refractivity contribution >= 4 is 37.8 Å². The molecule has 0 aromatic rings. The van der Waals surface area contributed by atoms with Crippen molar-refractivity contribution in [2.45, 2.75) is 19.3 Å². The van der Waals surface area contributed by atoms with Crippen molar-refractivity contribution < 1.29 is 9.53 Å². The van der Waals surface area contributed by atoms with Gasteiger partial charge < -0.3 is 4.74 Å². The van der Waals surface area contributed by atoms with Crippen molar-refractivity contribution in [2.75, 3.05) is 0 Å². The molecule has 0 N–H and O–H groups in total.